The Morgan fingerprint density at radius 2 is 1.60 bits per heavy atom. The summed E-state index contributed by atoms with van der Waals surface area (Å²) in [6, 6.07) is 7.38. The highest BCUT2D eigenvalue weighted by molar-refractivity contribution is 9.10. The Balaban J connectivity index is 2.23. The molecular weight excluding hydrogens is 393 g/mol. The van der Waals surface area contributed by atoms with E-state index in [9.17, 15) is 9.18 Å². The van der Waals surface area contributed by atoms with E-state index in [1.54, 1.807) is 25.1 Å². The molecule has 0 saturated heterocycles. The van der Waals surface area contributed by atoms with Crippen LogP contribution >= 0.6 is 15.9 Å². The van der Waals surface area contributed by atoms with E-state index >= 15 is 0 Å². The molecule has 2 aromatic rings. The Bertz CT molecular complexity index is 757. The number of carbonyl (C=O) groups is 1. The second-order valence-corrected chi connectivity index (χ2v) is 6.08. The molecule has 1 N–H and O–H groups in total. The van der Waals surface area contributed by atoms with Gasteiger partial charge in [0.2, 0.25) is 0 Å². The summed E-state index contributed by atoms with van der Waals surface area (Å²) in [5.74, 6) is 0.311. The zero-order valence-electron chi connectivity index (χ0n) is 14.4. The molecule has 0 aliphatic carbocycles. The summed E-state index contributed by atoms with van der Waals surface area (Å²) in [6.07, 6.45) is 0. The third-order valence-electron chi connectivity index (χ3n) is 3.73. The number of methoxy groups -OCH3 is 3. The number of halogens is 2. The molecular formula is C18H19BrFNO4. The fraction of sp³-hybridized carbons (Fsp3) is 0.278. The average molecular weight is 412 g/mol. The fourth-order valence-electron chi connectivity index (χ4n) is 2.32. The van der Waals surface area contributed by atoms with Crippen LogP contribution in [0.3, 0.4) is 0 Å². The zero-order valence-corrected chi connectivity index (χ0v) is 15.9. The van der Waals surface area contributed by atoms with Crippen molar-refractivity contribution in [3.63, 3.8) is 0 Å². The molecule has 2 aromatic carbocycles. The third-order valence-corrected chi connectivity index (χ3v) is 4.51. The SMILES string of the molecule is COc1ccc([C@H](C)NC(=O)c2cc(OC)c(Br)c(OC)c2)cc1F. The van der Waals surface area contributed by atoms with Crippen LogP contribution in [0.4, 0.5) is 4.39 Å². The Morgan fingerprint density at radius 3 is 2.08 bits per heavy atom. The summed E-state index contributed by atoms with van der Waals surface area (Å²) in [7, 11) is 4.41. The summed E-state index contributed by atoms with van der Waals surface area (Å²) >= 11 is 3.36. The Labute approximate surface area is 154 Å². The minimum absolute atomic E-state index is 0.157. The van der Waals surface area contributed by atoms with Crippen molar-refractivity contribution in [2.24, 2.45) is 0 Å². The van der Waals surface area contributed by atoms with E-state index in [4.69, 9.17) is 14.2 Å². The molecule has 0 aromatic heterocycles. The molecule has 1 amide bonds. The van der Waals surface area contributed by atoms with Gasteiger partial charge in [0, 0.05) is 5.56 Å². The van der Waals surface area contributed by atoms with Gasteiger partial charge in [-0.2, -0.15) is 0 Å². The Kier molecular flexibility index (Phi) is 6.25. The van der Waals surface area contributed by atoms with Crippen molar-refractivity contribution in [2.45, 2.75) is 13.0 Å². The van der Waals surface area contributed by atoms with Crippen LogP contribution in [-0.4, -0.2) is 27.2 Å². The van der Waals surface area contributed by atoms with Gasteiger partial charge in [-0.15, -0.1) is 0 Å². The van der Waals surface area contributed by atoms with Crippen LogP contribution < -0.4 is 19.5 Å². The van der Waals surface area contributed by atoms with Crippen molar-refractivity contribution in [3.8, 4) is 17.2 Å². The fourth-order valence-corrected chi connectivity index (χ4v) is 2.87. The second kappa shape index (κ2) is 8.20. The first-order valence-electron chi connectivity index (χ1n) is 7.47. The number of rotatable bonds is 6. The molecule has 0 unspecified atom stereocenters. The van der Waals surface area contributed by atoms with Crippen molar-refractivity contribution < 1.29 is 23.4 Å². The quantitative estimate of drug-likeness (QED) is 0.776. The van der Waals surface area contributed by atoms with Gasteiger partial charge in [-0.05, 0) is 52.7 Å². The monoisotopic (exact) mass is 411 g/mol. The minimum Gasteiger partial charge on any atom is -0.495 e. The third kappa shape index (κ3) is 4.22. The van der Waals surface area contributed by atoms with Crippen LogP contribution in [0.5, 0.6) is 17.2 Å². The number of ether oxygens (including phenoxy) is 3. The van der Waals surface area contributed by atoms with Gasteiger partial charge in [-0.3, -0.25) is 4.79 Å². The van der Waals surface area contributed by atoms with Gasteiger partial charge >= 0.3 is 0 Å². The van der Waals surface area contributed by atoms with Crippen LogP contribution in [0.15, 0.2) is 34.8 Å². The lowest BCUT2D eigenvalue weighted by atomic mass is 10.1. The molecule has 0 aliphatic heterocycles. The number of nitrogens with one attached hydrogen (secondary N) is 1. The summed E-state index contributed by atoms with van der Waals surface area (Å²) < 4.78 is 29.8. The Morgan fingerprint density at radius 1 is 1.04 bits per heavy atom. The van der Waals surface area contributed by atoms with E-state index in [1.165, 1.54) is 33.5 Å². The van der Waals surface area contributed by atoms with Crippen molar-refractivity contribution in [3.05, 3.63) is 51.7 Å². The predicted molar refractivity (Wildman–Crippen MR) is 96.1 cm³/mol. The van der Waals surface area contributed by atoms with Gasteiger partial charge in [0.05, 0.1) is 27.4 Å². The summed E-state index contributed by atoms with van der Waals surface area (Å²) in [5.41, 5.74) is 1.00. The van der Waals surface area contributed by atoms with Crippen molar-refractivity contribution in [2.75, 3.05) is 21.3 Å². The summed E-state index contributed by atoms with van der Waals surface area (Å²) in [5, 5.41) is 2.83. The standard InChI is InChI=1S/C18H19BrFNO4/c1-10(11-5-6-14(23-2)13(20)7-11)21-18(22)12-8-15(24-3)17(19)16(9-12)25-4/h5-10H,1-4H3,(H,21,22)/t10-/m0/s1. The number of amides is 1. The molecule has 0 fully saturated rings. The number of hydrogen-bond donors (Lipinski definition) is 1. The van der Waals surface area contributed by atoms with Crippen LogP contribution in [0.1, 0.15) is 28.9 Å². The molecule has 0 saturated carbocycles. The molecule has 134 valence electrons. The van der Waals surface area contributed by atoms with E-state index in [0.717, 1.165) is 0 Å². The number of benzene rings is 2. The number of carbonyl (C=O) groups excluding carboxylic acids is 1. The maximum Gasteiger partial charge on any atom is 0.252 e. The van der Waals surface area contributed by atoms with Crippen molar-refractivity contribution >= 4 is 21.8 Å². The lowest BCUT2D eigenvalue weighted by molar-refractivity contribution is 0.0939. The summed E-state index contributed by atoms with van der Waals surface area (Å²) in [4.78, 5) is 12.5. The van der Waals surface area contributed by atoms with E-state index in [-0.39, 0.29) is 11.7 Å². The van der Waals surface area contributed by atoms with Crippen molar-refractivity contribution in [1.29, 1.82) is 0 Å². The second-order valence-electron chi connectivity index (χ2n) is 5.28. The summed E-state index contributed by atoms with van der Waals surface area (Å²) in [6.45, 7) is 1.77. The lowest BCUT2D eigenvalue weighted by Crippen LogP contribution is -2.26. The predicted octanol–water partition coefficient (Wildman–Crippen LogP) is 4.11. The Hall–Kier alpha value is -2.28. The van der Waals surface area contributed by atoms with Gasteiger partial charge in [-0.1, -0.05) is 6.07 Å². The molecule has 0 spiro atoms. The highest BCUT2D eigenvalue weighted by atomic mass is 79.9. The van der Waals surface area contributed by atoms with E-state index in [2.05, 4.69) is 21.2 Å². The first-order chi connectivity index (χ1) is 11.9. The van der Waals surface area contributed by atoms with E-state index in [0.29, 0.717) is 27.1 Å². The normalized spacial score (nSPS) is 11.6. The van der Waals surface area contributed by atoms with Gasteiger partial charge in [0.15, 0.2) is 11.6 Å². The van der Waals surface area contributed by atoms with Crippen LogP contribution in [0.2, 0.25) is 0 Å². The minimum atomic E-state index is -0.479. The maximum absolute atomic E-state index is 13.8. The molecule has 0 radical (unpaired) electrons. The van der Waals surface area contributed by atoms with Gasteiger partial charge < -0.3 is 19.5 Å². The maximum atomic E-state index is 13.8. The lowest BCUT2D eigenvalue weighted by Gasteiger charge is -2.16. The van der Waals surface area contributed by atoms with Crippen molar-refractivity contribution in [1.82, 2.24) is 5.32 Å². The molecule has 25 heavy (non-hydrogen) atoms. The van der Waals surface area contributed by atoms with Gasteiger partial charge in [0.25, 0.3) is 5.91 Å². The van der Waals surface area contributed by atoms with Crippen LogP contribution in [0.25, 0.3) is 0 Å². The highest BCUT2D eigenvalue weighted by Gasteiger charge is 2.17. The molecule has 0 bridgehead atoms. The average Bonchev–Trinajstić information content (AvgIpc) is 2.61. The molecule has 0 aliphatic rings. The molecule has 2 rings (SSSR count). The number of hydrogen-bond acceptors (Lipinski definition) is 4. The molecule has 5 nitrogen and oxygen atoms in total. The first kappa shape index (κ1) is 19.1. The molecule has 1 atom stereocenters. The topological polar surface area (TPSA) is 56.8 Å². The largest absolute Gasteiger partial charge is 0.495 e. The first-order valence-corrected chi connectivity index (χ1v) is 8.26. The molecule has 0 heterocycles. The smallest absolute Gasteiger partial charge is 0.252 e. The van der Waals surface area contributed by atoms with Crippen LogP contribution in [0, 0.1) is 5.82 Å². The van der Waals surface area contributed by atoms with Crippen LogP contribution in [-0.2, 0) is 0 Å². The zero-order chi connectivity index (χ0) is 18.6. The van der Waals surface area contributed by atoms with Gasteiger partial charge in [-0.25, -0.2) is 4.39 Å². The van der Waals surface area contributed by atoms with Gasteiger partial charge in [0.1, 0.15) is 16.0 Å². The highest BCUT2D eigenvalue weighted by Crippen LogP contribution is 2.35. The van der Waals surface area contributed by atoms with E-state index < -0.39 is 11.9 Å². The van der Waals surface area contributed by atoms with E-state index in [1.807, 2.05) is 0 Å². The molecule has 7 heteroatoms.